The topological polar surface area (TPSA) is 97.5 Å². The van der Waals surface area contributed by atoms with Crippen LogP contribution in [0, 0.1) is 11.7 Å². The zero-order valence-corrected chi connectivity index (χ0v) is 19.4. The molecule has 1 saturated carbocycles. The van der Waals surface area contributed by atoms with Gasteiger partial charge < -0.3 is 25.6 Å². The van der Waals surface area contributed by atoms with E-state index in [-0.39, 0.29) is 36.1 Å². The molecule has 1 aliphatic heterocycles. The number of β-amino-alcohol motifs (C(OH)–C–C–N with tert-alkyl or cyclic N) is 1. The molecule has 2 amide bonds. The second-order valence-electron chi connectivity index (χ2n) is 9.64. The Kier molecular flexibility index (Phi) is 7.34. The highest BCUT2D eigenvalue weighted by Crippen LogP contribution is 2.31. The van der Waals surface area contributed by atoms with Crippen molar-refractivity contribution in [1.29, 1.82) is 0 Å². The fraction of sp³-hybridized carbons (Fsp3) is 0.600. The largest absolute Gasteiger partial charge is 0.391 e. The zero-order valence-electron chi connectivity index (χ0n) is 19.4. The summed E-state index contributed by atoms with van der Waals surface area (Å²) in [6, 6.07) is 3.49. The maximum absolute atomic E-state index is 13.8. The smallest absolute Gasteiger partial charge is 0.245 e. The molecule has 2 aliphatic rings. The number of likely N-dealkylation sites (N-methyl/N-ethyl adjacent to an activating group) is 1. The number of carbonyl (C=O) groups excluding carboxylic acids is 2. The second-order valence-corrected chi connectivity index (χ2v) is 9.64. The minimum absolute atomic E-state index is 0.105. The van der Waals surface area contributed by atoms with E-state index in [1.165, 1.54) is 12.1 Å². The second kappa shape index (κ2) is 10.2. The van der Waals surface area contributed by atoms with Gasteiger partial charge >= 0.3 is 0 Å². The third-order valence-electron chi connectivity index (χ3n) is 7.37. The molecule has 1 aromatic carbocycles. The number of H-pyrrole nitrogens is 1. The van der Waals surface area contributed by atoms with Crippen molar-refractivity contribution in [2.24, 2.45) is 5.92 Å². The number of nitrogens with zero attached hydrogens (tertiary/aromatic N) is 1. The molecule has 2 aromatic rings. The van der Waals surface area contributed by atoms with Crippen molar-refractivity contribution in [1.82, 2.24) is 20.5 Å². The Bertz CT molecular complexity index is 987. The third kappa shape index (κ3) is 5.22. The summed E-state index contributed by atoms with van der Waals surface area (Å²) in [4.78, 5) is 31.4. The van der Waals surface area contributed by atoms with Crippen LogP contribution in [-0.4, -0.2) is 64.6 Å². The summed E-state index contributed by atoms with van der Waals surface area (Å²) in [6.45, 7) is 2.04. The van der Waals surface area contributed by atoms with Crippen molar-refractivity contribution in [3.8, 4) is 0 Å². The van der Waals surface area contributed by atoms with E-state index in [0.29, 0.717) is 12.8 Å². The number of aromatic amines is 1. The minimum Gasteiger partial charge on any atom is -0.391 e. The van der Waals surface area contributed by atoms with Gasteiger partial charge in [-0.3, -0.25) is 9.59 Å². The number of rotatable bonds is 7. The molecule has 33 heavy (non-hydrogen) atoms. The number of benzene rings is 1. The summed E-state index contributed by atoms with van der Waals surface area (Å²) in [5, 5.41) is 17.3. The first-order valence-electron chi connectivity index (χ1n) is 12.1. The van der Waals surface area contributed by atoms with Gasteiger partial charge in [-0.1, -0.05) is 19.3 Å². The van der Waals surface area contributed by atoms with Crippen molar-refractivity contribution < 1.29 is 19.1 Å². The van der Waals surface area contributed by atoms with Gasteiger partial charge in [-0.15, -0.1) is 0 Å². The molecule has 180 valence electrons. The number of likely N-dealkylation sites (tertiary alicyclic amines) is 1. The first-order valence-corrected chi connectivity index (χ1v) is 12.1. The number of aromatic nitrogens is 1. The van der Waals surface area contributed by atoms with Crippen LogP contribution in [0.4, 0.5) is 4.39 Å². The fourth-order valence-corrected chi connectivity index (χ4v) is 5.37. The van der Waals surface area contributed by atoms with Crippen molar-refractivity contribution in [3.63, 3.8) is 0 Å². The van der Waals surface area contributed by atoms with Crippen LogP contribution in [0.1, 0.15) is 51.0 Å². The van der Waals surface area contributed by atoms with Gasteiger partial charge in [0.25, 0.3) is 0 Å². The van der Waals surface area contributed by atoms with Gasteiger partial charge in [0.15, 0.2) is 0 Å². The molecular weight excluding hydrogens is 423 g/mol. The number of hydrogen-bond donors (Lipinski definition) is 4. The molecule has 2 fully saturated rings. The Labute approximate surface area is 194 Å². The predicted octanol–water partition coefficient (Wildman–Crippen LogP) is 2.48. The summed E-state index contributed by atoms with van der Waals surface area (Å²) in [6.07, 6.45) is 7.41. The quantitative estimate of drug-likeness (QED) is 0.513. The zero-order chi connectivity index (χ0) is 23.5. The maximum Gasteiger partial charge on any atom is 0.245 e. The highest BCUT2D eigenvalue weighted by molar-refractivity contribution is 5.90. The normalized spacial score (nSPS) is 23.6. The maximum atomic E-state index is 13.8. The number of nitrogens with one attached hydrogen (secondary N) is 3. The summed E-state index contributed by atoms with van der Waals surface area (Å²) in [5.74, 6) is -0.484. The van der Waals surface area contributed by atoms with Gasteiger partial charge in [-0.25, -0.2) is 4.39 Å². The SMILES string of the molecule is CN[C@@H](C)C(=O)N[C@H](C(=O)N1CC(O)C[C@@H]1Cc1c[nH]c2cc(F)ccc12)C1CCCCC1. The number of hydrogen-bond acceptors (Lipinski definition) is 4. The Morgan fingerprint density at radius 2 is 2.03 bits per heavy atom. The van der Waals surface area contributed by atoms with Crippen LogP contribution in [0.25, 0.3) is 10.9 Å². The van der Waals surface area contributed by atoms with Gasteiger partial charge in [0.05, 0.1) is 12.1 Å². The molecule has 1 aliphatic carbocycles. The molecule has 7 nitrogen and oxygen atoms in total. The number of halogens is 1. The van der Waals surface area contributed by atoms with E-state index in [1.807, 2.05) is 6.20 Å². The average molecular weight is 459 g/mol. The van der Waals surface area contributed by atoms with Crippen molar-refractivity contribution >= 4 is 22.7 Å². The number of amides is 2. The molecule has 0 bridgehead atoms. The average Bonchev–Trinajstić information content (AvgIpc) is 3.39. The standard InChI is InChI=1S/C25H35FN4O3/c1-15(27-2)24(32)29-23(16-6-4-3-5-7-16)25(33)30-14-20(31)12-19(30)10-17-13-28-22-11-18(26)8-9-21(17)22/h8-9,11,13,15-16,19-20,23,27-28,31H,3-7,10,12,14H2,1-2H3,(H,29,32)/t15-,19-,20?,23-/m0/s1. The molecule has 0 spiro atoms. The van der Waals surface area contributed by atoms with Crippen LogP contribution in [0.3, 0.4) is 0 Å². The lowest BCUT2D eigenvalue weighted by Crippen LogP contribution is -2.56. The van der Waals surface area contributed by atoms with Crippen LogP contribution in [0.15, 0.2) is 24.4 Å². The molecule has 4 atom stereocenters. The van der Waals surface area contributed by atoms with E-state index >= 15 is 0 Å². The summed E-state index contributed by atoms with van der Waals surface area (Å²) >= 11 is 0. The van der Waals surface area contributed by atoms with Crippen LogP contribution in [0.2, 0.25) is 0 Å². The lowest BCUT2D eigenvalue weighted by Gasteiger charge is -2.35. The van der Waals surface area contributed by atoms with Gasteiger partial charge in [-0.2, -0.15) is 0 Å². The van der Waals surface area contributed by atoms with E-state index in [9.17, 15) is 19.1 Å². The fourth-order valence-electron chi connectivity index (χ4n) is 5.37. The Hall–Kier alpha value is -2.45. The molecule has 4 rings (SSSR count). The molecule has 0 radical (unpaired) electrons. The van der Waals surface area contributed by atoms with E-state index in [2.05, 4.69) is 15.6 Å². The van der Waals surface area contributed by atoms with Crippen LogP contribution in [0.5, 0.6) is 0 Å². The molecule has 4 N–H and O–H groups in total. The summed E-state index contributed by atoms with van der Waals surface area (Å²) in [5.41, 5.74) is 1.71. The van der Waals surface area contributed by atoms with Gasteiger partial charge in [0.1, 0.15) is 11.9 Å². The lowest BCUT2D eigenvalue weighted by atomic mass is 9.83. The molecule has 1 aromatic heterocycles. The molecule has 1 unspecified atom stereocenters. The van der Waals surface area contributed by atoms with Crippen molar-refractivity contribution in [3.05, 3.63) is 35.8 Å². The Morgan fingerprint density at radius 3 is 2.76 bits per heavy atom. The number of aliphatic hydroxyl groups excluding tert-OH is 1. The van der Waals surface area contributed by atoms with E-state index < -0.39 is 18.2 Å². The van der Waals surface area contributed by atoms with Crippen molar-refractivity contribution in [2.45, 2.75) is 76.1 Å². The van der Waals surface area contributed by atoms with Crippen LogP contribution < -0.4 is 10.6 Å². The van der Waals surface area contributed by atoms with E-state index in [1.54, 1.807) is 24.9 Å². The molecule has 2 heterocycles. The molecule has 8 heteroatoms. The third-order valence-corrected chi connectivity index (χ3v) is 7.37. The lowest BCUT2D eigenvalue weighted by molar-refractivity contribution is -0.139. The summed E-state index contributed by atoms with van der Waals surface area (Å²) < 4.78 is 13.6. The Morgan fingerprint density at radius 1 is 1.27 bits per heavy atom. The van der Waals surface area contributed by atoms with E-state index in [0.717, 1.165) is 48.6 Å². The molecule has 1 saturated heterocycles. The van der Waals surface area contributed by atoms with Crippen molar-refractivity contribution in [2.75, 3.05) is 13.6 Å². The highest BCUT2D eigenvalue weighted by Gasteiger charge is 2.41. The Balaban J connectivity index is 1.55. The predicted molar refractivity (Wildman–Crippen MR) is 125 cm³/mol. The minimum atomic E-state index is -0.597. The first kappa shape index (κ1) is 23.7. The van der Waals surface area contributed by atoms with E-state index in [4.69, 9.17) is 0 Å². The highest BCUT2D eigenvalue weighted by atomic mass is 19.1. The number of aliphatic hydroxyl groups is 1. The van der Waals surface area contributed by atoms with Crippen LogP contribution >= 0.6 is 0 Å². The summed E-state index contributed by atoms with van der Waals surface area (Å²) in [7, 11) is 1.72. The van der Waals surface area contributed by atoms with Crippen LogP contribution in [-0.2, 0) is 16.0 Å². The number of carbonyl (C=O) groups is 2. The van der Waals surface area contributed by atoms with Gasteiger partial charge in [0, 0.05) is 29.7 Å². The monoisotopic (exact) mass is 458 g/mol. The van der Waals surface area contributed by atoms with Gasteiger partial charge in [-0.05, 0) is 69.3 Å². The number of fused-ring (bicyclic) bond motifs is 1. The molecular formula is C25H35FN4O3. The van der Waals surface area contributed by atoms with Gasteiger partial charge in [0.2, 0.25) is 11.8 Å². The first-order chi connectivity index (χ1) is 15.9.